The van der Waals surface area contributed by atoms with Gasteiger partial charge in [-0.05, 0) is 35.6 Å². The molecule has 0 aliphatic carbocycles. The Morgan fingerprint density at radius 2 is 1.34 bits per heavy atom. The molecule has 1 heterocycles. The first-order valence-corrected chi connectivity index (χ1v) is 10.3. The lowest BCUT2D eigenvalue weighted by Gasteiger charge is -2.27. The third-order valence-electron chi connectivity index (χ3n) is 5.82. The van der Waals surface area contributed by atoms with Crippen molar-refractivity contribution in [3.05, 3.63) is 108 Å². The first-order chi connectivity index (χ1) is 14.3. The molecule has 3 aromatic rings. The lowest BCUT2D eigenvalue weighted by atomic mass is 9.84. The molecular weight excluding hydrogens is 354 g/mol. The van der Waals surface area contributed by atoms with Crippen molar-refractivity contribution < 1.29 is 5.11 Å². The van der Waals surface area contributed by atoms with Gasteiger partial charge in [-0.25, -0.2) is 0 Å². The van der Waals surface area contributed by atoms with E-state index in [1.54, 1.807) is 0 Å². The number of likely N-dealkylation sites (tertiary alicyclic amines) is 1. The van der Waals surface area contributed by atoms with Crippen LogP contribution in [-0.4, -0.2) is 29.6 Å². The van der Waals surface area contributed by atoms with E-state index in [1.165, 1.54) is 12.0 Å². The van der Waals surface area contributed by atoms with E-state index in [9.17, 15) is 5.11 Å². The third-order valence-corrected chi connectivity index (χ3v) is 5.82. The van der Waals surface area contributed by atoms with Gasteiger partial charge in [0.05, 0.1) is 6.54 Å². The highest BCUT2D eigenvalue weighted by atomic mass is 16.3. The molecule has 4 rings (SSSR count). The fraction of sp³-hybridized carbons (Fsp3) is 0.259. The Balaban J connectivity index is 1.43. The maximum absolute atomic E-state index is 11.5. The summed E-state index contributed by atoms with van der Waals surface area (Å²) in [5.74, 6) is 7.17. The molecule has 1 saturated heterocycles. The zero-order chi connectivity index (χ0) is 19.9. The van der Waals surface area contributed by atoms with Crippen LogP contribution >= 0.6 is 0 Å². The van der Waals surface area contributed by atoms with Crippen LogP contribution in [0.1, 0.15) is 35.4 Å². The molecule has 1 atom stereocenters. The van der Waals surface area contributed by atoms with Crippen LogP contribution in [0.5, 0.6) is 0 Å². The summed E-state index contributed by atoms with van der Waals surface area (Å²) in [6.07, 6.45) is 1.57. The molecule has 146 valence electrons. The van der Waals surface area contributed by atoms with Crippen LogP contribution in [0, 0.1) is 11.8 Å². The summed E-state index contributed by atoms with van der Waals surface area (Å²) < 4.78 is 0. The van der Waals surface area contributed by atoms with Crippen LogP contribution < -0.4 is 0 Å². The van der Waals surface area contributed by atoms with Gasteiger partial charge in [0.15, 0.2) is 0 Å². The Kier molecular flexibility index (Phi) is 6.10. The summed E-state index contributed by atoms with van der Waals surface area (Å²) >= 11 is 0. The molecule has 0 unspecified atom stereocenters. The van der Waals surface area contributed by atoms with E-state index < -0.39 is 5.60 Å². The minimum Gasteiger partial charge on any atom is -0.379 e. The van der Waals surface area contributed by atoms with Crippen LogP contribution in [-0.2, 0) is 5.60 Å². The normalized spacial score (nSPS) is 16.9. The molecule has 3 aromatic carbocycles. The van der Waals surface area contributed by atoms with E-state index in [0.717, 1.165) is 30.8 Å². The van der Waals surface area contributed by atoms with Crippen molar-refractivity contribution in [2.45, 2.75) is 24.4 Å². The van der Waals surface area contributed by atoms with E-state index >= 15 is 0 Å². The summed E-state index contributed by atoms with van der Waals surface area (Å²) in [6, 6.07) is 30.4. The number of hydrogen-bond donors (Lipinski definition) is 1. The maximum Gasteiger partial charge on any atom is 0.125 e. The summed E-state index contributed by atoms with van der Waals surface area (Å²) in [7, 11) is 0. The zero-order valence-corrected chi connectivity index (χ0v) is 16.7. The molecule has 0 radical (unpaired) electrons. The Morgan fingerprint density at radius 3 is 1.93 bits per heavy atom. The minimum absolute atomic E-state index is 0.386. The van der Waals surface area contributed by atoms with Crippen LogP contribution in [0.2, 0.25) is 0 Å². The second kappa shape index (κ2) is 9.09. The van der Waals surface area contributed by atoms with Gasteiger partial charge in [-0.3, -0.25) is 4.90 Å². The molecule has 0 amide bonds. The fourth-order valence-electron chi connectivity index (χ4n) is 4.13. The first-order valence-electron chi connectivity index (χ1n) is 10.3. The molecule has 0 spiro atoms. The highest BCUT2D eigenvalue weighted by Crippen LogP contribution is 2.32. The Morgan fingerprint density at radius 1 is 0.793 bits per heavy atom. The monoisotopic (exact) mass is 381 g/mol. The molecule has 1 fully saturated rings. The van der Waals surface area contributed by atoms with Gasteiger partial charge in [0.2, 0.25) is 0 Å². The largest absolute Gasteiger partial charge is 0.379 e. The highest BCUT2D eigenvalue weighted by Gasteiger charge is 2.30. The van der Waals surface area contributed by atoms with E-state index in [4.69, 9.17) is 0 Å². The van der Waals surface area contributed by atoms with E-state index in [0.29, 0.717) is 12.3 Å². The predicted octanol–water partition coefficient (Wildman–Crippen LogP) is 4.81. The SMILES string of the molecule is OC(CC#CCN1CC[C@@H](c2ccccc2)C1)(c1ccccc1)c1ccccc1. The molecule has 1 aliphatic rings. The summed E-state index contributed by atoms with van der Waals surface area (Å²) in [5, 5.41) is 11.5. The highest BCUT2D eigenvalue weighted by molar-refractivity contribution is 5.37. The number of benzene rings is 3. The number of nitrogens with zero attached hydrogens (tertiary/aromatic N) is 1. The smallest absolute Gasteiger partial charge is 0.125 e. The van der Waals surface area contributed by atoms with Gasteiger partial charge in [0.25, 0.3) is 0 Å². The van der Waals surface area contributed by atoms with Crippen LogP contribution in [0.25, 0.3) is 0 Å². The van der Waals surface area contributed by atoms with Crippen LogP contribution in [0.4, 0.5) is 0 Å². The van der Waals surface area contributed by atoms with Gasteiger partial charge < -0.3 is 5.11 Å². The average Bonchev–Trinajstić information content (AvgIpc) is 3.27. The van der Waals surface area contributed by atoms with Crippen molar-refractivity contribution >= 4 is 0 Å². The second-order valence-corrected chi connectivity index (χ2v) is 7.75. The number of rotatable bonds is 5. The van der Waals surface area contributed by atoms with E-state index in [-0.39, 0.29) is 0 Å². The first kappa shape index (κ1) is 19.5. The summed E-state index contributed by atoms with van der Waals surface area (Å²) in [5.41, 5.74) is 2.09. The Labute approximate surface area is 173 Å². The van der Waals surface area contributed by atoms with Gasteiger partial charge in [-0.2, -0.15) is 0 Å². The van der Waals surface area contributed by atoms with Crippen molar-refractivity contribution in [1.82, 2.24) is 4.90 Å². The second-order valence-electron chi connectivity index (χ2n) is 7.75. The molecule has 0 aromatic heterocycles. The minimum atomic E-state index is -1.09. The van der Waals surface area contributed by atoms with Crippen molar-refractivity contribution in [2.75, 3.05) is 19.6 Å². The average molecular weight is 382 g/mol. The van der Waals surface area contributed by atoms with Gasteiger partial charge >= 0.3 is 0 Å². The van der Waals surface area contributed by atoms with Crippen molar-refractivity contribution in [1.29, 1.82) is 0 Å². The Bertz CT molecular complexity index is 917. The summed E-state index contributed by atoms with van der Waals surface area (Å²) in [4.78, 5) is 2.41. The lowest BCUT2D eigenvalue weighted by molar-refractivity contribution is 0.0865. The van der Waals surface area contributed by atoms with Gasteiger partial charge in [-0.1, -0.05) is 103 Å². The molecule has 1 aliphatic heterocycles. The van der Waals surface area contributed by atoms with Gasteiger partial charge in [-0.15, -0.1) is 0 Å². The summed E-state index contributed by atoms with van der Waals surface area (Å²) in [6.45, 7) is 2.89. The Hall–Kier alpha value is -2.86. The van der Waals surface area contributed by atoms with E-state index in [2.05, 4.69) is 47.1 Å². The predicted molar refractivity (Wildman–Crippen MR) is 119 cm³/mol. The number of aliphatic hydroxyl groups is 1. The van der Waals surface area contributed by atoms with Crippen LogP contribution in [0.15, 0.2) is 91.0 Å². The fourth-order valence-corrected chi connectivity index (χ4v) is 4.13. The molecule has 2 heteroatoms. The molecular formula is C27H27NO. The van der Waals surface area contributed by atoms with Crippen LogP contribution in [0.3, 0.4) is 0 Å². The standard InChI is InChI=1S/C27H27NO/c29-27(25-14-6-2-7-15-25,26-16-8-3-9-17-26)19-10-11-20-28-21-18-24(22-28)23-12-4-1-5-13-23/h1-9,12-17,24,29H,18-22H2/t24-/m1/s1. The molecule has 0 bridgehead atoms. The molecule has 0 saturated carbocycles. The van der Waals surface area contributed by atoms with Gasteiger partial charge in [0, 0.05) is 13.0 Å². The zero-order valence-electron chi connectivity index (χ0n) is 16.7. The molecule has 1 N–H and O–H groups in total. The van der Waals surface area contributed by atoms with E-state index in [1.807, 2.05) is 60.7 Å². The topological polar surface area (TPSA) is 23.5 Å². The van der Waals surface area contributed by atoms with Crippen molar-refractivity contribution in [2.24, 2.45) is 0 Å². The third kappa shape index (κ3) is 4.59. The van der Waals surface area contributed by atoms with Crippen molar-refractivity contribution in [3.63, 3.8) is 0 Å². The maximum atomic E-state index is 11.5. The van der Waals surface area contributed by atoms with Crippen molar-refractivity contribution in [3.8, 4) is 11.8 Å². The lowest BCUT2D eigenvalue weighted by Crippen LogP contribution is -2.27. The quantitative estimate of drug-likeness (QED) is 0.642. The van der Waals surface area contributed by atoms with Gasteiger partial charge in [0.1, 0.15) is 5.60 Å². The molecule has 29 heavy (non-hydrogen) atoms. The number of hydrogen-bond acceptors (Lipinski definition) is 2. The molecule has 2 nitrogen and oxygen atoms in total.